The third-order valence-electron chi connectivity index (χ3n) is 8.73. The highest BCUT2D eigenvalue weighted by Gasteiger charge is 2.45. The van der Waals surface area contributed by atoms with Gasteiger partial charge >= 0.3 is 0 Å². The number of aromatic nitrogens is 4. The zero-order chi connectivity index (χ0) is 29.0. The summed E-state index contributed by atoms with van der Waals surface area (Å²) in [6.45, 7) is 8.05. The van der Waals surface area contributed by atoms with Gasteiger partial charge in [-0.1, -0.05) is 0 Å². The molecule has 2 N–H and O–H groups in total. The summed E-state index contributed by atoms with van der Waals surface area (Å²) in [5.74, 6) is 0.706. The van der Waals surface area contributed by atoms with Gasteiger partial charge in [0.2, 0.25) is 0 Å². The monoisotopic (exact) mass is 582 g/mol. The largest absolute Gasteiger partial charge is 0.353 e. The summed E-state index contributed by atoms with van der Waals surface area (Å²) in [4.78, 5) is 34.3. The summed E-state index contributed by atoms with van der Waals surface area (Å²) < 4.78 is 13.9. The number of fused-ring (bicyclic) bond motifs is 2. The predicted molar refractivity (Wildman–Crippen MR) is 165 cm³/mol. The number of hydrogen-bond donors (Lipinski definition) is 2. The summed E-state index contributed by atoms with van der Waals surface area (Å²) in [6, 6.07) is 9.86. The van der Waals surface area contributed by atoms with Crippen molar-refractivity contribution in [2.45, 2.75) is 45.2 Å². The Kier molecular flexibility index (Phi) is 6.66. The molecule has 2 fully saturated rings. The van der Waals surface area contributed by atoms with Crippen LogP contribution in [0.2, 0.25) is 0 Å². The first-order valence-electron chi connectivity index (χ1n) is 14.4. The Bertz CT molecular complexity index is 1750. The number of amides is 1. The number of rotatable bonds is 6. The zero-order valence-electron chi connectivity index (χ0n) is 24.1. The summed E-state index contributed by atoms with van der Waals surface area (Å²) in [7, 11) is -1.15. The van der Waals surface area contributed by atoms with Crippen LogP contribution in [0.15, 0.2) is 42.7 Å². The maximum Gasteiger partial charge on any atom is 0.270 e. The number of aryl methyl sites for hydroxylation is 1. The highest BCUT2D eigenvalue weighted by Crippen LogP contribution is 2.39. The summed E-state index contributed by atoms with van der Waals surface area (Å²) in [5, 5.41) is 7.52. The Morgan fingerprint density at radius 3 is 2.76 bits per heavy atom. The van der Waals surface area contributed by atoms with Crippen molar-refractivity contribution in [1.29, 1.82) is 0 Å². The van der Waals surface area contributed by atoms with Crippen LogP contribution < -0.4 is 19.8 Å². The normalized spacial score (nSPS) is 17.9. The lowest BCUT2D eigenvalue weighted by Gasteiger charge is -2.35. The molecule has 1 unspecified atom stereocenters. The smallest absolute Gasteiger partial charge is 0.270 e. The van der Waals surface area contributed by atoms with E-state index in [1.807, 2.05) is 18.2 Å². The van der Waals surface area contributed by atoms with Gasteiger partial charge in [-0.05, 0) is 80.1 Å². The number of carbonyl (C=O) groups excluding carboxylic acids is 1. The van der Waals surface area contributed by atoms with Crippen molar-refractivity contribution in [2.24, 2.45) is 0 Å². The van der Waals surface area contributed by atoms with E-state index >= 15 is 0 Å². The quantitative estimate of drug-likeness (QED) is 0.356. The standard InChI is InChI=1S/C31H34N8O2S/c1-19-12-28(38-11-9-35-31(18-38)7-8-31)37-29(20(19)2)24-5-4-21-15-32-23(13-25(21)36-24)17-34-30(40)26-14-27-22(16-33-26)6-10-39(27)42(3)41/h4-5,12-16,35H,6-11,17-18H2,1-3H3,(H,34,40). The Hall–Kier alpha value is -3.96. The Balaban J connectivity index is 1.11. The van der Waals surface area contributed by atoms with Gasteiger partial charge in [0.05, 0.1) is 34.8 Å². The van der Waals surface area contributed by atoms with E-state index in [1.165, 1.54) is 18.4 Å². The van der Waals surface area contributed by atoms with E-state index < -0.39 is 11.0 Å². The maximum absolute atomic E-state index is 12.9. The van der Waals surface area contributed by atoms with Crippen LogP contribution in [0, 0.1) is 13.8 Å². The van der Waals surface area contributed by atoms with Gasteiger partial charge in [-0.15, -0.1) is 0 Å². The van der Waals surface area contributed by atoms with Crippen molar-refractivity contribution in [3.8, 4) is 11.4 Å². The first kappa shape index (κ1) is 26.9. The van der Waals surface area contributed by atoms with Crippen LogP contribution in [0.4, 0.5) is 11.5 Å². The van der Waals surface area contributed by atoms with Crippen LogP contribution in [0.25, 0.3) is 22.3 Å². The average Bonchev–Trinajstić information content (AvgIpc) is 3.59. The predicted octanol–water partition coefficient (Wildman–Crippen LogP) is 3.23. The summed E-state index contributed by atoms with van der Waals surface area (Å²) in [5.41, 5.74) is 7.91. The molecule has 1 amide bonds. The number of carbonyl (C=O) groups is 1. The Morgan fingerprint density at radius 2 is 1.95 bits per heavy atom. The highest BCUT2D eigenvalue weighted by atomic mass is 32.2. The molecule has 7 rings (SSSR count). The first-order chi connectivity index (χ1) is 20.3. The molecule has 3 aliphatic rings. The van der Waals surface area contributed by atoms with E-state index in [9.17, 15) is 9.00 Å². The lowest BCUT2D eigenvalue weighted by atomic mass is 10.0. The number of nitrogens with one attached hydrogen (secondary N) is 2. The lowest BCUT2D eigenvalue weighted by Crippen LogP contribution is -2.52. The molecule has 1 saturated heterocycles. The van der Waals surface area contributed by atoms with Crippen LogP contribution in [-0.4, -0.2) is 68.0 Å². The molecular formula is C31H34N8O2S. The van der Waals surface area contributed by atoms with Crippen molar-refractivity contribution in [1.82, 2.24) is 30.6 Å². The fraction of sp³-hybridized carbons (Fsp3) is 0.387. The number of pyridine rings is 4. The first-order valence-corrected chi connectivity index (χ1v) is 15.9. The van der Waals surface area contributed by atoms with Gasteiger partial charge in [0.1, 0.15) is 22.5 Å². The average molecular weight is 583 g/mol. The van der Waals surface area contributed by atoms with Crippen molar-refractivity contribution < 1.29 is 9.00 Å². The molecular weight excluding hydrogens is 548 g/mol. The molecule has 0 bridgehead atoms. The third kappa shape index (κ3) is 5.00. The van der Waals surface area contributed by atoms with E-state index in [-0.39, 0.29) is 18.0 Å². The molecule has 0 radical (unpaired) electrons. The van der Waals surface area contributed by atoms with Crippen molar-refractivity contribution in [3.05, 3.63) is 70.8 Å². The molecule has 10 nitrogen and oxygen atoms in total. The van der Waals surface area contributed by atoms with Gasteiger partial charge in [-0.2, -0.15) is 0 Å². The number of anilines is 2. The van der Waals surface area contributed by atoms with E-state index in [1.54, 1.807) is 29.0 Å². The number of piperazine rings is 1. The molecule has 11 heteroatoms. The number of nitrogens with zero attached hydrogens (tertiary/aromatic N) is 6. The van der Waals surface area contributed by atoms with E-state index in [4.69, 9.17) is 9.97 Å². The van der Waals surface area contributed by atoms with Crippen LogP contribution >= 0.6 is 0 Å². The maximum atomic E-state index is 12.9. The molecule has 1 atom stereocenters. The minimum Gasteiger partial charge on any atom is -0.353 e. The van der Waals surface area contributed by atoms with Crippen LogP contribution in [-0.2, 0) is 24.0 Å². The van der Waals surface area contributed by atoms with Crippen LogP contribution in [0.1, 0.15) is 45.7 Å². The van der Waals surface area contributed by atoms with Gasteiger partial charge in [-0.3, -0.25) is 19.1 Å². The third-order valence-corrected chi connectivity index (χ3v) is 9.73. The van der Waals surface area contributed by atoms with E-state index in [2.05, 4.69) is 45.4 Å². The highest BCUT2D eigenvalue weighted by molar-refractivity contribution is 7.85. The van der Waals surface area contributed by atoms with E-state index in [0.29, 0.717) is 17.9 Å². The molecule has 1 saturated carbocycles. The van der Waals surface area contributed by atoms with Crippen LogP contribution in [0.5, 0.6) is 0 Å². The fourth-order valence-corrected chi connectivity index (χ4v) is 6.74. The second-order valence-electron chi connectivity index (χ2n) is 11.6. The van der Waals surface area contributed by atoms with Gasteiger partial charge in [0.15, 0.2) is 0 Å². The topological polar surface area (TPSA) is 116 Å². The Morgan fingerprint density at radius 1 is 1.10 bits per heavy atom. The molecule has 0 aromatic carbocycles. The SMILES string of the molecule is Cc1cc(N2CCNC3(CC3)C2)nc(-c2ccc3cnc(CNC(=O)c4cc5c(cn4)CCN5S(C)=O)cc3n2)c1C. The van der Waals surface area contributed by atoms with Crippen LogP contribution in [0.3, 0.4) is 0 Å². The zero-order valence-corrected chi connectivity index (χ0v) is 24.9. The van der Waals surface area contributed by atoms with E-state index in [0.717, 1.165) is 71.0 Å². The van der Waals surface area contributed by atoms with Gasteiger partial charge in [-0.25, -0.2) is 14.2 Å². The second kappa shape index (κ2) is 10.4. The molecule has 1 aliphatic carbocycles. The lowest BCUT2D eigenvalue weighted by molar-refractivity contribution is 0.0945. The van der Waals surface area contributed by atoms with Gasteiger partial charge < -0.3 is 15.5 Å². The second-order valence-corrected chi connectivity index (χ2v) is 12.9. The summed E-state index contributed by atoms with van der Waals surface area (Å²) in [6.07, 6.45) is 8.37. The van der Waals surface area contributed by atoms with Crippen molar-refractivity contribution in [2.75, 3.05) is 41.6 Å². The Labute approximate surface area is 247 Å². The molecule has 216 valence electrons. The van der Waals surface area contributed by atoms with Crippen molar-refractivity contribution >= 4 is 39.3 Å². The minimum atomic E-state index is -1.15. The number of hydrogen-bond acceptors (Lipinski definition) is 8. The minimum absolute atomic E-state index is 0.236. The fourth-order valence-electron chi connectivity index (χ4n) is 5.95. The molecule has 4 aromatic heterocycles. The molecule has 2 aliphatic heterocycles. The molecule has 4 aromatic rings. The molecule has 1 spiro atoms. The molecule has 6 heterocycles. The molecule has 42 heavy (non-hydrogen) atoms. The van der Waals surface area contributed by atoms with Gasteiger partial charge in [0.25, 0.3) is 5.91 Å². The summed E-state index contributed by atoms with van der Waals surface area (Å²) >= 11 is 0. The van der Waals surface area contributed by atoms with Gasteiger partial charge in [0, 0.05) is 55.8 Å². The van der Waals surface area contributed by atoms with Crippen molar-refractivity contribution in [3.63, 3.8) is 0 Å².